The molecule has 0 aromatic heterocycles. The van der Waals surface area contributed by atoms with Crippen molar-refractivity contribution in [2.24, 2.45) is 33.5 Å². The van der Waals surface area contributed by atoms with E-state index < -0.39 is 45.7 Å². The van der Waals surface area contributed by atoms with Gasteiger partial charge in [-0.1, -0.05) is 62.4 Å². The first-order valence-corrected chi connectivity index (χ1v) is 19.2. The topological polar surface area (TPSA) is 99.5 Å². The molecular weight excluding hydrogens is 664 g/mol. The average molecular weight is 720 g/mol. The van der Waals surface area contributed by atoms with Crippen LogP contribution in [-0.2, 0) is 16.1 Å². The van der Waals surface area contributed by atoms with Crippen LogP contribution >= 0.6 is 0 Å². The van der Waals surface area contributed by atoms with E-state index >= 15 is 0 Å². The van der Waals surface area contributed by atoms with E-state index in [2.05, 4.69) is 37.0 Å². The number of hydrogen-bond acceptors (Lipinski definition) is 7. The van der Waals surface area contributed by atoms with E-state index in [1.807, 2.05) is 30.3 Å². The molecule has 9 atom stereocenters. The summed E-state index contributed by atoms with van der Waals surface area (Å²) in [5.74, 6) is -2.38. The van der Waals surface area contributed by atoms with Gasteiger partial charge in [-0.15, -0.1) is 0 Å². The first-order chi connectivity index (χ1) is 24.8. The van der Waals surface area contributed by atoms with E-state index in [1.165, 1.54) is 6.07 Å². The maximum Gasteiger partial charge on any atom is 0.189 e. The molecule has 0 aliphatic heterocycles. The third-order valence-corrected chi connectivity index (χ3v) is 14.3. The molecule has 0 amide bonds. The maximum absolute atomic E-state index is 14.7. The number of aliphatic hydroxyl groups excluding tert-OH is 2. The third kappa shape index (κ3) is 6.04. The van der Waals surface area contributed by atoms with Gasteiger partial charge in [0.2, 0.25) is 0 Å². The molecule has 6 aliphatic rings. The van der Waals surface area contributed by atoms with Gasteiger partial charge in [-0.3, -0.25) is 9.69 Å². The summed E-state index contributed by atoms with van der Waals surface area (Å²) >= 11 is 0. The zero-order valence-electron chi connectivity index (χ0n) is 30.8. The van der Waals surface area contributed by atoms with Crippen LogP contribution in [0.4, 0.5) is 8.78 Å². The third-order valence-electron chi connectivity index (χ3n) is 14.3. The quantitative estimate of drug-likeness (QED) is 0.114. The summed E-state index contributed by atoms with van der Waals surface area (Å²) in [5, 5.41) is 35.0. The molecule has 9 heteroatoms. The van der Waals surface area contributed by atoms with Gasteiger partial charge >= 0.3 is 0 Å². The van der Waals surface area contributed by atoms with E-state index in [1.54, 1.807) is 7.11 Å². The van der Waals surface area contributed by atoms with Gasteiger partial charge in [-0.2, -0.15) is 0 Å². The fraction of sp³-hybridized carbons (Fsp3) is 0.605. The molecule has 3 saturated carbocycles. The largest absolute Gasteiger partial charge is 0.393 e. The number of hydrogen-bond donors (Lipinski definition) is 3. The molecular formula is C43H55F2NO6. The first kappa shape index (κ1) is 37.5. The number of rotatable bonds is 14. The lowest BCUT2D eigenvalue weighted by atomic mass is 9.32. The van der Waals surface area contributed by atoms with Gasteiger partial charge in [0.1, 0.15) is 0 Å². The van der Waals surface area contributed by atoms with Crippen molar-refractivity contribution < 1.29 is 38.4 Å². The van der Waals surface area contributed by atoms with Crippen molar-refractivity contribution in [2.75, 3.05) is 40.0 Å². The van der Waals surface area contributed by atoms with Crippen LogP contribution in [0.15, 0.2) is 72.3 Å². The molecule has 282 valence electrons. The number of methoxy groups -OCH3 is 1. The van der Waals surface area contributed by atoms with Gasteiger partial charge in [0.05, 0.1) is 31.0 Å². The van der Waals surface area contributed by atoms with Gasteiger partial charge in [0.25, 0.3) is 0 Å². The molecule has 3 fully saturated rings. The van der Waals surface area contributed by atoms with Crippen molar-refractivity contribution >= 4 is 5.78 Å². The molecule has 1 unspecified atom stereocenters. The smallest absolute Gasteiger partial charge is 0.189 e. The number of allylic oxidation sites excluding steroid dienone is 4. The van der Waals surface area contributed by atoms with Crippen molar-refractivity contribution in [3.63, 3.8) is 0 Å². The number of halogens is 2. The maximum atomic E-state index is 14.7. The Hall–Kier alpha value is -2.79. The fourth-order valence-electron chi connectivity index (χ4n) is 11.7. The van der Waals surface area contributed by atoms with Crippen LogP contribution in [0.3, 0.4) is 0 Å². The molecule has 0 saturated heterocycles. The van der Waals surface area contributed by atoms with Gasteiger partial charge in [0, 0.05) is 60.7 Å². The lowest BCUT2D eigenvalue weighted by molar-refractivity contribution is -0.177. The lowest BCUT2D eigenvalue weighted by Gasteiger charge is -2.71. The second-order valence-corrected chi connectivity index (χ2v) is 17.0. The lowest BCUT2D eigenvalue weighted by Crippen LogP contribution is -2.67. The number of benzene rings is 2. The summed E-state index contributed by atoms with van der Waals surface area (Å²) in [6.07, 6.45) is 10.8. The zero-order valence-corrected chi connectivity index (χ0v) is 30.8. The normalized spacial score (nSPS) is 36.6. The fourth-order valence-corrected chi connectivity index (χ4v) is 11.7. The van der Waals surface area contributed by atoms with E-state index in [0.717, 1.165) is 43.4 Å². The minimum absolute atomic E-state index is 0.0774. The van der Waals surface area contributed by atoms with Gasteiger partial charge in [0.15, 0.2) is 17.4 Å². The highest BCUT2D eigenvalue weighted by Crippen LogP contribution is 2.78. The number of ketones is 1. The summed E-state index contributed by atoms with van der Waals surface area (Å²) < 4.78 is 39.9. The molecule has 3 N–H and O–H groups in total. The van der Waals surface area contributed by atoms with Crippen LogP contribution in [0.5, 0.6) is 0 Å². The summed E-state index contributed by atoms with van der Waals surface area (Å²) in [6, 6.07) is 13.2. The van der Waals surface area contributed by atoms with E-state index in [-0.39, 0.29) is 35.2 Å². The molecule has 2 aromatic carbocycles. The monoisotopic (exact) mass is 719 g/mol. The van der Waals surface area contributed by atoms with Gasteiger partial charge in [-0.05, 0) is 92.4 Å². The molecule has 2 spiro atoms. The molecule has 8 rings (SSSR count). The zero-order chi connectivity index (χ0) is 36.9. The van der Waals surface area contributed by atoms with Gasteiger partial charge < -0.3 is 24.8 Å². The summed E-state index contributed by atoms with van der Waals surface area (Å²) in [6.45, 7) is 6.94. The first-order valence-electron chi connectivity index (χ1n) is 19.2. The average Bonchev–Trinajstić information content (AvgIpc) is 3.39. The Morgan fingerprint density at radius 1 is 0.981 bits per heavy atom. The Kier molecular flexibility index (Phi) is 10.2. The standard InChI is InChI=1S/C43H55F2NO6/c1-39-15-12-31(47)23-41(39)18-19-43(33(24-41)38(49)30-10-11-34(44)35(45)22-30)36(39)13-16-40(2)37(43)14-17-42(40,50)28-46(20-7-21-51-3)25-32(48)27-52-26-29-8-5-4-6-9-29/h4-6,8-11,18-19,22,24,31-32,36-37,47-48,50H,7,12-17,20-21,23,25-28H2,1-3H3/t31?,32-,36-,37-,39-,40+,41+,42-,43-/m1/s1. The van der Waals surface area contributed by atoms with Crippen molar-refractivity contribution in [1.82, 2.24) is 4.90 Å². The van der Waals surface area contributed by atoms with Crippen molar-refractivity contribution in [3.8, 4) is 0 Å². The summed E-state index contributed by atoms with van der Waals surface area (Å²) in [4.78, 5) is 16.8. The van der Waals surface area contributed by atoms with Crippen LogP contribution < -0.4 is 0 Å². The van der Waals surface area contributed by atoms with Crippen LogP contribution in [0.2, 0.25) is 0 Å². The van der Waals surface area contributed by atoms with Crippen molar-refractivity contribution in [1.29, 1.82) is 0 Å². The number of aliphatic hydroxyl groups is 3. The molecule has 0 heterocycles. The van der Waals surface area contributed by atoms with Crippen LogP contribution in [-0.4, -0.2) is 83.8 Å². The second kappa shape index (κ2) is 14.1. The Balaban J connectivity index is 1.19. The number of carbonyl (C=O) groups excluding carboxylic acids is 1. The van der Waals surface area contributed by atoms with Crippen LogP contribution in [0.25, 0.3) is 0 Å². The Bertz CT molecular complexity index is 1700. The Morgan fingerprint density at radius 3 is 2.46 bits per heavy atom. The van der Waals surface area contributed by atoms with E-state index in [0.29, 0.717) is 64.1 Å². The number of ether oxygens (including phenoxy) is 2. The molecule has 6 aliphatic carbocycles. The number of Topliss-reactive ketones (excluding diaryl/α,β-unsaturated/α-hetero) is 1. The van der Waals surface area contributed by atoms with E-state index in [4.69, 9.17) is 9.47 Å². The summed E-state index contributed by atoms with van der Waals surface area (Å²) in [7, 11) is 1.67. The number of nitrogens with zero attached hydrogens (tertiary/aromatic N) is 1. The Morgan fingerprint density at radius 2 is 1.71 bits per heavy atom. The molecule has 2 bridgehead atoms. The predicted molar refractivity (Wildman–Crippen MR) is 194 cm³/mol. The second-order valence-electron chi connectivity index (χ2n) is 17.0. The van der Waals surface area contributed by atoms with Crippen molar-refractivity contribution in [3.05, 3.63) is 95.1 Å². The minimum Gasteiger partial charge on any atom is -0.393 e. The summed E-state index contributed by atoms with van der Waals surface area (Å²) in [5.41, 5.74) is -1.41. The predicted octanol–water partition coefficient (Wildman–Crippen LogP) is 6.65. The molecule has 52 heavy (non-hydrogen) atoms. The number of fused-ring (bicyclic) bond motifs is 1. The highest BCUT2D eigenvalue weighted by molar-refractivity contribution is 6.10. The van der Waals surface area contributed by atoms with Crippen LogP contribution in [0, 0.1) is 45.1 Å². The van der Waals surface area contributed by atoms with Gasteiger partial charge in [-0.25, -0.2) is 8.78 Å². The molecule has 2 aromatic rings. The molecule has 0 radical (unpaired) electrons. The molecule has 7 nitrogen and oxygen atoms in total. The number of carbonyl (C=O) groups is 1. The van der Waals surface area contributed by atoms with Crippen molar-refractivity contribution in [2.45, 2.75) is 89.6 Å². The highest BCUT2D eigenvalue weighted by atomic mass is 19.2. The SMILES string of the molecule is COCCCN(C[C@@H](O)COCc1ccccc1)C[C@]1(O)CC[C@H]2[C@]34C=C[C@@]5(C=C3C(=O)c3ccc(F)c(F)c3)CC(O)CC[C@]5(C)[C@H]4CC[C@@]21C. The Labute approximate surface area is 306 Å². The highest BCUT2D eigenvalue weighted by Gasteiger charge is 2.74. The van der Waals surface area contributed by atoms with E-state index in [9.17, 15) is 28.9 Å². The minimum atomic E-state index is -1.12. The van der Waals surface area contributed by atoms with Crippen LogP contribution in [0.1, 0.15) is 81.1 Å².